The Hall–Kier alpha value is -1.00. The summed E-state index contributed by atoms with van der Waals surface area (Å²) in [5, 5.41) is 5.60. The first kappa shape index (κ1) is 8.59. The standard InChI is InChI=1S/C9H8N2S2/c1-10-6-2-3-7-8(4-6)13-9(5-12)11-7/h2-5,10H,1H3. The monoisotopic (exact) mass is 208 g/mol. The molecule has 0 bridgehead atoms. The molecule has 0 unspecified atom stereocenters. The van der Waals surface area contributed by atoms with E-state index in [-0.39, 0.29) is 0 Å². The molecule has 1 aromatic heterocycles. The molecule has 0 aliphatic rings. The number of anilines is 1. The van der Waals surface area contributed by atoms with Crippen LogP contribution in [0.3, 0.4) is 0 Å². The fourth-order valence-electron chi connectivity index (χ4n) is 1.15. The predicted molar refractivity (Wildman–Crippen MR) is 61.9 cm³/mol. The molecule has 0 aliphatic carbocycles. The Morgan fingerprint density at radius 2 is 2.38 bits per heavy atom. The van der Waals surface area contributed by atoms with Crippen molar-refractivity contribution in [2.75, 3.05) is 12.4 Å². The summed E-state index contributed by atoms with van der Waals surface area (Å²) in [5.74, 6) is 0. The molecule has 0 aliphatic heterocycles. The lowest BCUT2D eigenvalue weighted by Crippen LogP contribution is -1.85. The highest BCUT2D eigenvalue weighted by molar-refractivity contribution is 7.79. The Balaban J connectivity index is 2.63. The number of nitrogens with zero attached hydrogens (tertiary/aromatic N) is 1. The fraction of sp³-hybridized carbons (Fsp3) is 0.111. The third kappa shape index (κ3) is 1.55. The molecule has 0 spiro atoms. The Morgan fingerprint density at radius 1 is 1.54 bits per heavy atom. The van der Waals surface area contributed by atoms with E-state index < -0.39 is 0 Å². The molecule has 2 aromatic rings. The molecule has 0 radical (unpaired) electrons. The highest BCUT2D eigenvalue weighted by Gasteiger charge is 2.01. The van der Waals surface area contributed by atoms with E-state index >= 15 is 0 Å². The topological polar surface area (TPSA) is 24.9 Å². The second kappa shape index (κ2) is 3.40. The summed E-state index contributed by atoms with van der Waals surface area (Å²) in [6, 6.07) is 6.09. The van der Waals surface area contributed by atoms with Crippen LogP contribution >= 0.6 is 23.6 Å². The average Bonchev–Trinajstić information content (AvgIpc) is 2.58. The summed E-state index contributed by atoms with van der Waals surface area (Å²) in [6.07, 6.45) is 0. The number of rotatable bonds is 2. The van der Waals surface area contributed by atoms with Crippen LogP contribution in [0.15, 0.2) is 18.2 Å². The molecule has 2 nitrogen and oxygen atoms in total. The van der Waals surface area contributed by atoms with E-state index in [1.54, 1.807) is 16.7 Å². The molecule has 0 amide bonds. The summed E-state index contributed by atoms with van der Waals surface area (Å²) in [7, 11) is 1.91. The van der Waals surface area contributed by atoms with Gasteiger partial charge in [0.15, 0.2) is 0 Å². The van der Waals surface area contributed by atoms with Gasteiger partial charge in [0.1, 0.15) is 5.01 Å². The van der Waals surface area contributed by atoms with Crippen LogP contribution in [0.1, 0.15) is 5.01 Å². The van der Waals surface area contributed by atoms with Gasteiger partial charge in [0.25, 0.3) is 0 Å². The molecule has 2 rings (SSSR count). The fourth-order valence-corrected chi connectivity index (χ4v) is 2.17. The predicted octanol–water partition coefficient (Wildman–Crippen LogP) is 2.69. The van der Waals surface area contributed by atoms with Gasteiger partial charge in [0, 0.05) is 18.1 Å². The molecule has 1 N–H and O–H groups in total. The molecule has 13 heavy (non-hydrogen) atoms. The van der Waals surface area contributed by atoms with Gasteiger partial charge in [-0.05, 0) is 18.2 Å². The van der Waals surface area contributed by atoms with E-state index in [9.17, 15) is 0 Å². The summed E-state index contributed by atoms with van der Waals surface area (Å²) < 4.78 is 1.17. The largest absolute Gasteiger partial charge is 0.388 e. The van der Waals surface area contributed by atoms with Gasteiger partial charge in [-0.3, -0.25) is 0 Å². The summed E-state index contributed by atoms with van der Waals surface area (Å²) >= 11 is 6.44. The minimum atomic E-state index is 0.901. The van der Waals surface area contributed by atoms with E-state index in [1.165, 1.54) is 4.70 Å². The van der Waals surface area contributed by atoms with E-state index in [1.807, 2.05) is 19.2 Å². The maximum atomic E-state index is 4.83. The average molecular weight is 208 g/mol. The van der Waals surface area contributed by atoms with Gasteiger partial charge in [-0.25, -0.2) is 4.98 Å². The van der Waals surface area contributed by atoms with Crippen molar-refractivity contribution in [2.45, 2.75) is 0 Å². The van der Waals surface area contributed by atoms with Crippen LogP contribution in [0, 0.1) is 0 Å². The second-order valence-corrected chi connectivity index (χ2v) is 3.90. The summed E-state index contributed by atoms with van der Waals surface area (Å²) in [6.45, 7) is 0. The van der Waals surface area contributed by atoms with Gasteiger partial charge in [-0.1, -0.05) is 12.2 Å². The molecule has 1 aromatic carbocycles. The first-order chi connectivity index (χ1) is 6.33. The zero-order valence-electron chi connectivity index (χ0n) is 7.07. The van der Waals surface area contributed by atoms with Crippen LogP contribution in [0.5, 0.6) is 0 Å². The van der Waals surface area contributed by atoms with Crippen LogP contribution in [0.4, 0.5) is 5.69 Å². The first-order valence-electron chi connectivity index (χ1n) is 3.87. The summed E-state index contributed by atoms with van der Waals surface area (Å²) in [5.41, 5.74) is 2.12. The Morgan fingerprint density at radius 3 is 3.08 bits per heavy atom. The zero-order valence-corrected chi connectivity index (χ0v) is 8.71. The highest BCUT2D eigenvalue weighted by Crippen LogP contribution is 2.24. The lowest BCUT2D eigenvalue weighted by atomic mass is 10.3. The van der Waals surface area contributed by atoms with Crippen molar-refractivity contribution >= 4 is 44.8 Å². The van der Waals surface area contributed by atoms with Gasteiger partial charge >= 0.3 is 0 Å². The van der Waals surface area contributed by atoms with Crippen LogP contribution in [-0.4, -0.2) is 17.4 Å². The van der Waals surface area contributed by atoms with Crippen LogP contribution in [0.25, 0.3) is 10.2 Å². The molecule has 0 saturated heterocycles. The maximum Gasteiger partial charge on any atom is 0.128 e. The van der Waals surface area contributed by atoms with Gasteiger partial charge in [-0.15, -0.1) is 11.3 Å². The van der Waals surface area contributed by atoms with Crippen LogP contribution in [0.2, 0.25) is 0 Å². The number of aromatic nitrogens is 1. The molecule has 66 valence electrons. The van der Waals surface area contributed by atoms with Crippen LogP contribution in [-0.2, 0) is 0 Å². The number of nitrogens with one attached hydrogen (secondary N) is 1. The van der Waals surface area contributed by atoms with Crippen molar-refractivity contribution < 1.29 is 0 Å². The lowest BCUT2D eigenvalue weighted by molar-refractivity contribution is 1.47. The lowest BCUT2D eigenvalue weighted by Gasteiger charge is -1.96. The number of benzene rings is 1. The van der Waals surface area contributed by atoms with Gasteiger partial charge < -0.3 is 5.32 Å². The van der Waals surface area contributed by atoms with Crippen molar-refractivity contribution in [3.8, 4) is 0 Å². The van der Waals surface area contributed by atoms with E-state index in [0.29, 0.717) is 0 Å². The molecular formula is C9H8N2S2. The maximum absolute atomic E-state index is 4.83. The van der Waals surface area contributed by atoms with E-state index in [4.69, 9.17) is 12.2 Å². The van der Waals surface area contributed by atoms with Crippen molar-refractivity contribution in [1.29, 1.82) is 0 Å². The van der Waals surface area contributed by atoms with E-state index in [2.05, 4.69) is 16.4 Å². The Kier molecular flexibility index (Phi) is 2.24. The highest BCUT2D eigenvalue weighted by atomic mass is 32.1. The van der Waals surface area contributed by atoms with Crippen molar-refractivity contribution in [3.05, 3.63) is 23.2 Å². The normalized spacial score (nSPS) is 10.2. The van der Waals surface area contributed by atoms with Gasteiger partial charge in [-0.2, -0.15) is 0 Å². The van der Waals surface area contributed by atoms with Gasteiger partial charge in [0.05, 0.1) is 10.2 Å². The van der Waals surface area contributed by atoms with Crippen molar-refractivity contribution in [3.63, 3.8) is 0 Å². The number of thiazole rings is 1. The minimum absolute atomic E-state index is 0.901. The molecule has 1 heterocycles. The molecule has 0 fully saturated rings. The smallest absolute Gasteiger partial charge is 0.128 e. The van der Waals surface area contributed by atoms with Crippen LogP contribution < -0.4 is 5.32 Å². The minimum Gasteiger partial charge on any atom is -0.388 e. The molecule has 0 atom stereocenters. The van der Waals surface area contributed by atoms with Gasteiger partial charge in [0.2, 0.25) is 0 Å². The Bertz CT molecular complexity index is 448. The molecule has 0 saturated carbocycles. The SMILES string of the molecule is CNc1ccc2nc(C=S)sc2c1. The molecule has 4 heteroatoms. The number of fused-ring (bicyclic) bond motifs is 1. The first-order valence-corrected chi connectivity index (χ1v) is 5.16. The third-order valence-corrected chi connectivity index (χ3v) is 3.13. The quantitative estimate of drug-likeness (QED) is 0.768. The number of hydrogen-bond acceptors (Lipinski definition) is 4. The number of hydrogen-bond donors (Lipinski definition) is 1. The third-order valence-electron chi connectivity index (χ3n) is 1.79. The van der Waals surface area contributed by atoms with E-state index in [0.717, 1.165) is 16.2 Å². The van der Waals surface area contributed by atoms with Crippen molar-refractivity contribution in [2.24, 2.45) is 0 Å². The molecular weight excluding hydrogens is 200 g/mol. The Labute approximate surface area is 85.6 Å². The zero-order chi connectivity index (χ0) is 9.26. The second-order valence-electron chi connectivity index (χ2n) is 2.60. The number of thiocarbonyl (C=S) groups is 1. The summed E-state index contributed by atoms with van der Waals surface area (Å²) in [4.78, 5) is 4.34. The van der Waals surface area contributed by atoms with Crippen molar-refractivity contribution in [1.82, 2.24) is 4.98 Å².